The number of rotatable bonds is 8. The minimum Gasteiger partial charge on any atom is -0.375 e. The number of primary amides is 1. The lowest BCUT2D eigenvalue weighted by atomic mass is 9.89. The van der Waals surface area contributed by atoms with Gasteiger partial charge < -0.3 is 21.1 Å². The van der Waals surface area contributed by atoms with Crippen LogP contribution in [0.3, 0.4) is 0 Å². The van der Waals surface area contributed by atoms with E-state index in [9.17, 15) is 36.3 Å². The van der Waals surface area contributed by atoms with E-state index in [0.29, 0.717) is 12.1 Å². The van der Waals surface area contributed by atoms with E-state index in [1.165, 1.54) is 31.4 Å². The summed E-state index contributed by atoms with van der Waals surface area (Å²) in [4.78, 5) is 37.4. The van der Waals surface area contributed by atoms with Gasteiger partial charge in [-0.3, -0.25) is 14.4 Å². The monoisotopic (exact) mass is 649 g/mol. The number of methoxy groups -OCH3 is 1. The molecule has 2 unspecified atom stereocenters. The Morgan fingerprint density at radius 1 is 0.976 bits per heavy atom. The van der Waals surface area contributed by atoms with Gasteiger partial charge in [0, 0.05) is 18.7 Å². The van der Waals surface area contributed by atoms with Crippen molar-refractivity contribution in [1.29, 1.82) is 0 Å². The topological polar surface area (TPSA) is 111 Å². The molecule has 1 aliphatic rings. The van der Waals surface area contributed by atoms with Crippen molar-refractivity contribution < 1.29 is 41.1 Å². The molecular formula is C27H19Cl3F5N3O4. The number of anilines is 2. The molecule has 3 amide bonds. The Bertz CT molecular complexity index is 1600. The summed E-state index contributed by atoms with van der Waals surface area (Å²) >= 11 is 19.2. The molecule has 1 fully saturated rings. The second-order valence-corrected chi connectivity index (χ2v) is 11.1. The summed E-state index contributed by atoms with van der Waals surface area (Å²) in [7, 11) is 1.30. The van der Waals surface area contributed by atoms with Gasteiger partial charge in [0.15, 0.2) is 0 Å². The molecule has 0 aromatic heterocycles. The van der Waals surface area contributed by atoms with Gasteiger partial charge in [-0.1, -0.05) is 46.9 Å². The second-order valence-electron chi connectivity index (χ2n) is 9.29. The Morgan fingerprint density at radius 2 is 1.67 bits per heavy atom. The fourth-order valence-corrected chi connectivity index (χ4v) is 6.03. The number of carbonyl (C=O) groups excluding carboxylic acids is 3. The van der Waals surface area contributed by atoms with E-state index in [1.54, 1.807) is 0 Å². The molecule has 222 valence electrons. The zero-order chi connectivity index (χ0) is 31.2. The summed E-state index contributed by atoms with van der Waals surface area (Å²) in [6.07, 6.45) is -5.05. The van der Waals surface area contributed by atoms with E-state index in [2.05, 4.69) is 15.4 Å². The van der Waals surface area contributed by atoms with Crippen LogP contribution in [0, 0.1) is 11.6 Å². The van der Waals surface area contributed by atoms with Gasteiger partial charge in [-0.2, -0.15) is 13.2 Å². The molecule has 0 saturated heterocycles. The summed E-state index contributed by atoms with van der Waals surface area (Å²) in [6.45, 7) is -0.275. The van der Waals surface area contributed by atoms with Gasteiger partial charge in [-0.15, -0.1) is 0 Å². The lowest BCUT2D eigenvalue weighted by molar-refractivity contribution is -0.140. The number of ether oxygens (including phenoxy) is 1. The van der Waals surface area contributed by atoms with Crippen molar-refractivity contribution in [2.75, 3.05) is 24.4 Å². The van der Waals surface area contributed by atoms with Crippen LogP contribution < -0.4 is 16.4 Å². The van der Waals surface area contributed by atoms with Crippen molar-refractivity contribution in [1.82, 2.24) is 0 Å². The lowest BCUT2D eigenvalue weighted by Crippen LogP contribution is -2.34. The van der Waals surface area contributed by atoms with Crippen LogP contribution in [0.1, 0.15) is 33.0 Å². The first-order valence-corrected chi connectivity index (χ1v) is 12.9. The number of amides is 3. The number of nitrogens with one attached hydrogen (secondary N) is 2. The van der Waals surface area contributed by atoms with Crippen LogP contribution in [0.15, 0.2) is 54.6 Å². The molecule has 0 bridgehead atoms. The number of halogens is 8. The molecule has 0 heterocycles. The zero-order valence-corrected chi connectivity index (χ0v) is 23.5. The molecule has 3 aromatic rings. The van der Waals surface area contributed by atoms with Gasteiger partial charge in [-0.05, 0) is 53.6 Å². The first-order valence-electron chi connectivity index (χ1n) is 11.8. The molecule has 4 rings (SSSR count). The summed E-state index contributed by atoms with van der Waals surface area (Å²) in [6, 6.07) is 9.05. The average Bonchev–Trinajstić information content (AvgIpc) is 3.42. The number of benzene rings is 3. The molecule has 15 heteroatoms. The smallest absolute Gasteiger partial charge is 0.375 e. The fourth-order valence-electron chi connectivity index (χ4n) is 4.77. The second kappa shape index (κ2) is 11.3. The summed E-state index contributed by atoms with van der Waals surface area (Å²) in [5, 5.41) is 4.71. The van der Waals surface area contributed by atoms with E-state index >= 15 is 0 Å². The normalized spacial score (nSPS) is 19.2. The van der Waals surface area contributed by atoms with Crippen LogP contribution >= 0.6 is 34.8 Å². The maximum Gasteiger partial charge on any atom is 0.419 e. The quantitative estimate of drug-likeness (QED) is 0.200. The Balaban J connectivity index is 1.68. The average molecular weight is 651 g/mol. The standard InChI is InChI=1S/C27H19Cl3F5N3O4/c1-42-11-21(39)37-14-4-5-15(19(32)10-14)23(40)38-20-9-13(3-6-17(20)28)25(24(36)41)22(26(25,29)30)12-2-7-18(31)16(8-12)27(33,34)35/h2-10,22H,11H2,1H3,(H2,36,41)(H,37,39)(H,38,40). The Hall–Kier alpha value is -3.45. The lowest BCUT2D eigenvalue weighted by Gasteiger charge is -2.18. The highest BCUT2D eigenvalue weighted by Gasteiger charge is 2.81. The number of hydrogen-bond donors (Lipinski definition) is 3. The van der Waals surface area contributed by atoms with Crippen LogP contribution in [-0.2, 0) is 25.9 Å². The van der Waals surface area contributed by atoms with Gasteiger partial charge in [0.05, 0.1) is 21.8 Å². The fraction of sp³-hybridized carbons (Fsp3) is 0.222. The Morgan fingerprint density at radius 3 is 2.26 bits per heavy atom. The van der Waals surface area contributed by atoms with Gasteiger partial charge in [-0.25, -0.2) is 8.78 Å². The van der Waals surface area contributed by atoms with Crippen molar-refractivity contribution in [3.05, 3.63) is 93.5 Å². The van der Waals surface area contributed by atoms with Crippen LogP contribution in [0.25, 0.3) is 0 Å². The molecule has 2 atom stereocenters. The van der Waals surface area contributed by atoms with E-state index in [1.807, 2.05) is 0 Å². The van der Waals surface area contributed by atoms with Gasteiger partial charge in [0.1, 0.15) is 28.0 Å². The largest absolute Gasteiger partial charge is 0.419 e. The molecular weight excluding hydrogens is 632 g/mol. The number of alkyl halides is 5. The summed E-state index contributed by atoms with van der Waals surface area (Å²) < 4.78 is 71.4. The Labute approximate surface area is 250 Å². The third-order valence-electron chi connectivity index (χ3n) is 6.70. The summed E-state index contributed by atoms with van der Waals surface area (Å²) in [5.41, 5.74) is 1.30. The van der Waals surface area contributed by atoms with Crippen molar-refractivity contribution in [2.24, 2.45) is 5.73 Å². The molecule has 0 aliphatic heterocycles. The molecule has 1 aliphatic carbocycles. The third-order valence-corrected chi connectivity index (χ3v) is 8.06. The van der Waals surface area contributed by atoms with Crippen molar-refractivity contribution in [3.63, 3.8) is 0 Å². The third kappa shape index (κ3) is 5.51. The number of hydrogen-bond acceptors (Lipinski definition) is 4. The van der Waals surface area contributed by atoms with Crippen LogP contribution in [-0.4, -0.2) is 35.8 Å². The maximum atomic E-state index is 14.7. The predicted molar refractivity (Wildman–Crippen MR) is 146 cm³/mol. The van der Waals surface area contributed by atoms with E-state index < -0.39 is 62.3 Å². The number of carbonyl (C=O) groups is 3. The van der Waals surface area contributed by atoms with E-state index in [4.69, 9.17) is 40.5 Å². The van der Waals surface area contributed by atoms with Crippen molar-refractivity contribution >= 4 is 63.9 Å². The first-order chi connectivity index (χ1) is 19.5. The molecule has 0 spiro atoms. The number of nitrogens with two attached hydrogens (primary N) is 1. The highest BCUT2D eigenvalue weighted by Crippen LogP contribution is 2.74. The minimum atomic E-state index is -5.05. The van der Waals surface area contributed by atoms with Crippen molar-refractivity contribution in [3.8, 4) is 0 Å². The van der Waals surface area contributed by atoms with E-state index in [-0.39, 0.29) is 34.1 Å². The van der Waals surface area contributed by atoms with Crippen LogP contribution in [0.5, 0.6) is 0 Å². The highest BCUT2D eigenvalue weighted by molar-refractivity contribution is 6.55. The maximum absolute atomic E-state index is 14.7. The van der Waals surface area contributed by atoms with Crippen molar-refractivity contribution in [2.45, 2.75) is 21.8 Å². The first kappa shape index (κ1) is 31.5. The molecule has 42 heavy (non-hydrogen) atoms. The minimum absolute atomic E-state index is 0.0285. The molecule has 0 radical (unpaired) electrons. The highest BCUT2D eigenvalue weighted by atomic mass is 35.5. The summed E-state index contributed by atoms with van der Waals surface area (Å²) in [5.74, 6) is -6.53. The van der Waals surface area contributed by atoms with Gasteiger partial charge >= 0.3 is 6.18 Å². The zero-order valence-electron chi connectivity index (χ0n) is 21.2. The Kier molecular flexibility index (Phi) is 8.49. The molecule has 7 nitrogen and oxygen atoms in total. The molecule has 3 aromatic carbocycles. The van der Waals surface area contributed by atoms with Crippen LogP contribution in [0.4, 0.5) is 33.3 Å². The van der Waals surface area contributed by atoms with Gasteiger partial charge in [0.25, 0.3) is 5.91 Å². The predicted octanol–water partition coefficient (Wildman–Crippen LogP) is 6.17. The SMILES string of the molecule is COCC(=O)Nc1ccc(C(=O)Nc2cc(C3(C(N)=O)C(c4ccc(F)c(C(F)(F)F)c4)C3(Cl)Cl)ccc2Cl)c(F)c1. The molecule has 1 saturated carbocycles. The van der Waals surface area contributed by atoms with E-state index in [0.717, 1.165) is 18.2 Å². The molecule has 4 N–H and O–H groups in total. The van der Waals surface area contributed by atoms with Crippen LogP contribution in [0.2, 0.25) is 5.02 Å². The van der Waals surface area contributed by atoms with Gasteiger partial charge in [0.2, 0.25) is 11.8 Å².